The monoisotopic (exact) mass is 204 g/mol. The lowest BCUT2D eigenvalue weighted by atomic mass is 11.0. The van der Waals surface area contributed by atoms with Crippen molar-refractivity contribution in [2.75, 3.05) is 0 Å². The fourth-order valence-electron chi connectivity index (χ4n) is 0.543. The van der Waals surface area contributed by atoms with Crippen molar-refractivity contribution in [3.8, 4) is 0 Å². The molecule has 0 saturated heterocycles. The summed E-state index contributed by atoms with van der Waals surface area (Å²) in [5.74, 6) is 0. The lowest BCUT2D eigenvalue weighted by Crippen LogP contribution is -1.77. The molecule has 2 rings (SSSR count). The third kappa shape index (κ3) is 0.744. The molecule has 2 aromatic rings. The maximum Gasteiger partial charge on any atom is 0.235 e. The standard InChI is InChI=1S/C3HBrN4S/c4-2-1-8-3(9-2)5-6-7-8/h1H. The topological polar surface area (TPSA) is 43.1 Å². The number of rotatable bonds is 0. The highest BCUT2D eigenvalue weighted by molar-refractivity contribution is 9.11. The summed E-state index contributed by atoms with van der Waals surface area (Å²) in [6.45, 7) is 0. The van der Waals surface area contributed by atoms with E-state index in [9.17, 15) is 0 Å². The lowest BCUT2D eigenvalue weighted by molar-refractivity contribution is 0.825. The van der Waals surface area contributed by atoms with E-state index in [1.165, 1.54) is 11.3 Å². The molecule has 0 aliphatic heterocycles. The smallest absolute Gasteiger partial charge is 0.190 e. The van der Waals surface area contributed by atoms with Crippen LogP contribution in [0.25, 0.3) is 4.96 Å². The summed E-state index contributed by atoms with van der Waals surface area (Å²) in [5, 5.41) is 10.9. The summed E-state index contributed by atoms with van der Waals surface area (Å²) in [6, 6.07) is 0. The highest BCUT2D eigenvalue weighted by Gasteiger charge is 1.99. The fraction of sp³-hybridized carbons (Fsp3) is 0. The first-order valence-electron chi connectivity index (χ1n) is 2.19. The molecule has 0 aliphatic rings. The first-order chi connectivity index (χ1) is 4.36. The molecule has 6 heteroatoms. The van der Waals surface area contributed by atoms with Gasteiger partial charge in [0.1, 0.15) is 0 Å². The number of nitrogens with zero attached hydrogens (tertiary/aromatic N) is 4. The van der Waals surface area contributed by atoms with Crippen LogP contribution >= 0.6 is 27.3 Å². The minimum atomic E-state index is 0.807. The van der Waals surface area contributed by atoms with Crippen LogP contribution in [0.1, 0.15) is 0 Å². The van der Waals surface area contributed by atoms with Gasteiger partial charge >= 0.3 is 0 Å². The molecule has 0 aliphatic carbocycles. The summed E-state index contributed by atoms with van der Waals surface area (Å²) in [5.41, 5.74) is 0. The zero-order valence-electron chi connectivity index (χ0n) is 4.15. The van der Waals surface area contributed by atoms with Gasteiger partial charge < -0.3 is 0 Å². The molecular formula is C3HBrN4S. The summed E-state index contributed by atoms with van der Waals surface area (Å²) in [4.78, 5) is 0.807. The minimum absolute atomic E-state index is 0.807. The average Bonchev–Trinajstić information content (AvgIpc) is 2.22. The Balaban J connectivity index is 2.92. The Kier molecular flexibility index (Phi) is 1.03. The predicted octanol–water partition coefficient (Wildman–Crippen LogP) is 0.948. The molecule has 0 saturated carbocycles. The van der Waals surface area contributed by atoms with Crippen molar-refractivity contribution in [1.82, 2.24) is 20.0 Å². The maximum atomic E-state index is 3.73. The van der Waals surface area contributed by atoms with Gasteiger partial charge in [0.2, 0.25) is 4.96 Å². The SMILES string of the molecule is Brc1cn2nnnc2s1. The van der Waals surface area contributed by atoms with Gasteiger partial charge in [-0.05, 0) is 26.4 Å². The van der Waals surface area contributed by atoms with E-state index in [1.54, 1.807) is 4.52 Å². The van der Waals surface area contributed by atoms with E-state index in [4.69, 9.17) is 0 Å². The van der Waals surface area contributed by atoms with Crippen molar-refractivity contribution in [2.24, 2.45) is 0 Å². The summed E-state index contributed by atoms with van der Waals surface area (Å²) >= 11 is 4.80. The minimum Gasteiger partial charge on any atom is -0.190 e. The normalized spacial score (nSPS) is 10.8. The van der Waals surface area contributed by atoms with Gasteiger partial charge in [0.25, 0.3) is 0 Å². The van der Waals surface area contributed by atoms with Crippen LogP contribution in [0.15, 0.2) is 9.98 Å². The molecular weight excluding hydrogens is 204 g/mol. The number of halogens is 1. The largest absolute Gasteiger partial charge is 0.235 e. The highest BCUT2D eigenvalue weighted by Crippen LogP contribution is 2.19. The van der Waals surface area contributed by atoms with Crippen molar-refractivity contribution in [1.29, 1.82) is 0 Å². The quantitative estimate of drug-likeness (QED) is 0.642. The molecule has 2 heterocycles. The Morgan fingerprint density at radius 3 is 3.33 bits per heavy atom. The molecule has 0 fully saturated rings. The lowest BCUT2D eigenvalue weighted by Gasteiger charge is -1.67. The Morgan fingerprint density at radius 2 is 2.56 bits per heavy atom. The van der Waals surface area contributed by atoms with Crippen molar-refractivity contribution in [3.05, 3.63) is 9.98 Å². The van der Waals surface area contributed by atoms with Crippen LogP contribution in [0.5, 0.6) is 0 Å². The Labute approximate surface area is 62.6 Å². The van der Waals surface area contributed by atoms with E-state index < -0.39 is 0 Å². The Morgan fingerprint density at radius 1 is 1.67 bits per heavy atom. The number of hydrogen-bond donors (Lipinski definition) is 0. The maximum absolute atomic E-state index is 3.73. The van der Waals surface area contributed by atoms with Gasteiger partial charge in [-0.2, -0.15) is 4.52 Å². The van der Waals surface area contributed by atoms with Crippen LogP contribution in [0.2, 0.25) is 0 Å². The summed E-state index contributed by atoms with van der Waals surface area (Å²) in [7, 11) is 0. The van der Waals surface area contributed by atoms with Crippen LogP contribution in [0.3, 0.4) is 0 Å². The molecule has 2 aromatic heterocycles. The van der Waals surface area contributed by atoms with E-state index in [1.807, 2.05) is 6.20 Å². The summed E-state index contributed by atoms with van der Waals surface area (Å²) < 4.78 is 2.63. The molecule has 0 amide bonds. The zero-order valence-corrected chi connectivity index (χ0v) is 6.55. The van der Waals surface area contributed by atoms with Gasteiger partial charge in [0.05, 0.1) is 9.98 Å². The van der Waals surface area contributed by atoms with Crippen LogP contribution < -0.4 is 0 Å². The number of tetrazole rings is 1. The molecule has 9 heavy (non-hydrogen) atoms. The second-order valence-corrected chi connectivity index (χ2v) is 3.83. The second kappa shape index (κ2) is 1.74. The van der Waals surface area contributed by atoms with Crippen LogP contribution in [0.4, 0.5) is 0 Å². The van der Waals surface area contributed by atoms with Crippen molar-refractivity contribution in [3.63, 3.8) is 0 Å². The fourth-order valence-corrected chi connectivity index (χ4v) is 1.76. The van der Waals surface area contributed by atoms with Crippen LogP contribution in [-0.4, -0.2) is 20.0 Å². The van der Waals surface area contributed by atoms with E-state index in [0.717, 1.165) is 8.75 Å². The van der Waals surface area contributed by atoms with E-state index >= 15 is 0 Å². The molecule has 0 spiro atoms. The summed E-state index contributed by atoms with van der Waals surface area (Å²) in [6.07, 6.45) is 1.82. The van der Waals surface area contributed by atoms with Gasteiger partial charge in [-0.3, -0.25) is 0 Å². The average molecular weight is 205 g/mol. The van der Waals surface area contributed by atoms with Gasteiger partial charge in [0.15, 0.2) is 0 Å². The number of aromatic nitrogens is 4. The third-order valence-electron chi connectivity index (χ3n) is 0.875. The van der Waals surface area contributed by atoms with Crippen molar-refractivity contribution >= 4 is 32.2 Å². The number of thiazole rings is 1. The highest BCUT2D eigenvalue weighted by atomic mass is 79.9. The molecule has 46 valence electrons. The van der Waals surface area contributed by atoms with Gasteiger partial charge in [-0.25, -0.2) is 0 Å². The number of hydrogen-bond acceptors (Lipinski definition) is 4. The first-order valence-corrected chi connectivity index (χ1v) is 3.80. The molecule has 0 unspecified atom stereocenters. The second-order valence-electron chi connectivity index (χ2n) is 1.44. The molecule has 0 aromatic carbocycles. The molecule has 0 atom stereocenters. The van der Waals surface area contributed by atoms with E-state index in [-0.39, 0.29) is 0 Å². The Bertz CT molecular complexity index is 297. The third-order valence-corrected chi connectivity index (χ3v) is 2.32. The Hall–Kier alpha value is -0.490. The number of fused-ring (bicyclic) bond motifs is 1. The van der Waals surface area contributed by atoms with Crippen LogP contribution in [0, 0.1) is 0 Å². The molecule has 0 N–H and O–H groups in total. The predicted molar refractivity (Wildman–Crippen MR) is 36.4 cm³/mol. The van der Waals surface area contributed by atoms with Crippen LogP contribution in [-0.2, 0) is 0 Å². The molecule has 0 bridgehead atoms. The molecule has 0 radical (unpaired) electrons. The van der Waals surface area contributed by atoms with Gasteiger partial charge in [-0.1, -0.05) is 16.4 Å². The first kappa shape index (κ1) is 5.31. The van der Waals surface area contributed by atoms with Crippen molar-refractivity contribution in [2.45, 2.75) is 0 Å². The van der Waals surface area contributed by atoms with Gasteiger partial charge in [0, 0.05) is 0 Å². The van der Waals surface area contributed by atoms with Crippen molar-refractivity contribution < 1.29 is 0 Å². The van der Waals surface area contributed by atoms with E-state index in [2.05, 4.69) is 31.5 Å². The zero-order chi connectivity index (χ0) is 6.27. The van der Waals surface area contributed by atoms with E-state index in [0.29, 0.717) is 0 Å². The molecule has 4 nitrogen and oxygen atoms in total. The van der Waals surface area contributed by atoms with Gasteiger partial charge in [-0.15, -0.1) is 0 Å².